The number of amides is 1. The largest absolute Gasteiger partial charge is 0.342 e. The van der Waals surface area contributed by atoms with E-state index in [0.29, 0.717) is 12.3 Å². The SMILES string of the molecule is O=C(Cc1ccc(F)cc1)N1CCC(CSc2ccccn2)CC1. The van der Waals surface area contributed by atoms with Crippen molar-refractivity contribution in [1.29, 1.82) is 0 Å². The van der Waals surface area contributed by atoms with Crippen LogP contribution >= 0.6 is 11.8 Å². The van der Waals surface area contributed by atoms with E-state index >= 15 is 0 Å². The van der Waals surface area contributed by atoms with Crippen molar-refractivity contribution in [3.63, 3.8) is 0 Å². The Kier molecular flexibility index (Phi) is 5.86. The molecule has 0 aliphatic carbocycles. The second-order valence-electron chi connectivity index (χ2n) is 6.11. The van der Waals surface area contributed by atoms with E-state index in [0.717, 1.165) is 42.3 Å². The van der Waals surface area contributed by atoms with Crippen LogP contribution in [-0.2, 0) is 11.2 Å². The highest BCUT2D eigenvalue weighted by Crippen LogP contribution is 2.25. The molecule has 1 aliphatic rings. The lowest BCUT2D eigenvalue weighted by Gasteiger charge is -2.32. The van der Waals surface area contributed by atoms with Gasteiger partial charge in [0.25, 0.3) is 0 Å². The minimum atomic E-state index is -0.266. The lowest BCUT2D eigenvalue weighted by molar-refractivity contribution is -0.131. The predicted molar refractivity (Wildman–Crippen MR) is 94.4 cm³/mol. The number of nitrogens with zero attached hydrogens (tertiary/aromatic N) is 2. The molecule has 2 heterocycles. The van der Waals surface area contributed by atoms with Gasteiger partial charge in [-0.3, -0.25) is 4.79 Å². The Morgan fingerprint density at radius 1 is 1.17 bits per heavy atom. The fourth-order valence-corrected chi connectivity index (χ4v) is 3.92. The van der Waals surface area contributed by atoms with Gasteiger partial charge in [-0.2, -0.15) is 0 Å². The molecule has 1 aromatic heterocycles. The number of carbonyl (C=O) groups is 1. The number of benzene rings is 1. The summed E-state index contributed by atoms with van der Waals surface area (Å²) in [6.07, 6.45) is 4.25. The zero-order valence-corrected chi connectivity index (χ0v) is 14.3. The van der Waals surface area contributed by atoms with Gasteiger partial charge in [0.15, 0.2) is 0 Å². The Hall–Kier alpha value is -1.88. The molecule has 0 radical (unpaired) electrons. The predicted octanol–water partition coefficient (Wildman–Crippen LogP) is 3.79. The van der Waals surface area contributed by atoms with Crippen molar-refractivity contribution in [3.8, 4) is 0 Å². The first-order valence-electron chi connectivity index (χ1n) is 8.27. The third kappa shape index (κ3) is 4.81. The van der Waals surface area contributed by atoms with E-state index in [-0.39, 0.29) is 11.7 Å². The Labute approximate surface area is 146 Å². The number of rotatable bonds is 5. The maximum absolute atomic E-state index is 12.9. The summed E-state index contributed by atoms with van der Waals surface area (Å²) in [7, 11) is 0. The van der Waals surface area contributed by atoms with Crippen LogP contribution in [0.15, 0.2) is 53.7 Å². The van der Waals surface area contributed by atoms with Crippen LogP contribution in [0.4, 0.5) is 4.39 Å². The summed E-state index contributed by atoms with van der Waals surface area (Å²) in [6, 6.07) is 12.1. The summed E-state index contributed by atoms with van der Waals surface area (Å²) < 4.78 is 12.9. The highest BCUT2D eigenvalue weighted by atomic mass is 32.2. The molecule has 0 N–H and O–H groups in total. The molecule has 0 spiro atoms. The molecular formula is C19H21FN2OS. The van der Waals surface area contributed by atoms with Gasteiger partial charge in [-0.1, -0.05) is 18.2 Å². The second kappa shape index (κ2) is 8.29. The smallest absolute Gasteiger partial charge is 0.226 e. The van der Waals surface area contributed by atoms with Crippen molar-refractivity contribution in [2.24, 2.45) is 5.92 Å². The van der Waals surface area contributed by atoms with Crippen LogP contribution in [0.1, 0.15) is 18.4 Å². The van der Waals surface area contributed by atoms with Crippen LogP contribution in [0.25, 0.3) is 0 Å². The summed E-state index contributed by atoms with van der Waals surface area (Å²) in [5, 5.41) is 1.06. The summed E-state index contributed by atoms with van der Waals surface area (Å²) >= 11 is 1.79. The fraction of sp³-hybridized carbons (Fsp3) is 0.368. The fourth-order valence-electron chi connectivity index (χ4n) is 2.87. The first kappa shape index (κ1) is 17.0. The zero-order chi connectivity index (χ0) is 16.8. The van der Waals surface area contributed by atoms with Gasteiger partial charge in [-0.15, -0.1) is 11.8 Å². The number of hydrogen-bond donors (Lipinski definition) is 0. The van der Waals surface area contributed by atoms with Crippen LogP contribution < -0.4 is 0 Å². The number of hydrogen-bond acceptors (Lipinski definition) is 3. The molecule has 2 aromatic rings. The average molecular weight is 344 g/mol. The van der Waals surface area contributed by atoms with Crippen molar-refractivity contribution in [2.75, 3.05) is 18.8 Å². The monoisotopic (exact) mass is 344 g/mol. The zero-order valence-electron chi connectivity index (χ0n) is 13.5. The summed E-state index contributed by atoms with van der Waals surface area (Å²) in [5.41, 5.74) is 0.870. The van der Waals surface area contributed by atoms with Crippen LogP contribution in [-0.4, -0.2) is 34.6 Å². The molecule has 0 atom stereocenters. The van der Waals surface area contributed by atoms with Gasteiger partial charge in [0.2, 0.25) is 5.91 Å². The summed E-state index contributed by atoms with van der Waals surface area (Å²) in [5.74, 6) is 1.55. The van der Waals surface area contributed by atoms with Crippen molar-refractivity contribution in [2.45, 2.75) is 24.3 Å². The van der Waals surface area contributed by atoms with Crippen LogP contribution in [0.3, 0.4) is 0 Å². The van der Waals surface area contributed by atoms with E-state index in [2.05, 4.69) is 4.98 Å². The number of thioether (sulfide) groups is 1. The molecule has 126 valence electrons. The molecule has 3 rings (SSSR count). The van der Waals surface area contributed by atoms with Gasteiger partial charge in [0.1, 0.15) is 5.82 Å². The Morgan fingerprint density at radius 3 is 2.58 bits per heavy atom. The summed E-state index contributed by atoms with van der Waals surface area (Å²) in [4.78, 5) is 18.6. The van der Waals surface area contributed by atoms with Gasteiger partial charge in [0.05, 0.1) is 11.4 Å². The number of halogens is 1. The molecule has 1 saturated heterocycles. The molecule has 1 aromatic carbocycles. The minimum absolute atomic E-state index is 0.137. The molecule has 0 bridgehead atoms. The molecule has 5 heteroatoms. The number of likely N-dealkylation sites (tertiary alicyclic amines) is 1. The standard InChI is InChI=1S/C19H21FN2OS/c20-17-6-4-15(5-7-17)13-19(23)22-11-8-16(9-12-22)14-24-18-3-1-2-10-21-18/h1-7,10,16H,8-9,11-14H2. The quantitative estimate of drug-likeness (QED) is 0.774. The van der Waals surface area contributed by atoms with Gasteiger partial charge in [-0.05, 0) is 48.6 Å². The lowest BCUT2D eigenvalue weighted by Crippen LogP contribution is -2.39. The number of pyridine rings is 1. The maximum atomic E-state index is 12.9. The highest BCUT2D eigenvalue weighted by molar-refractivity contribution is 7.99. The molecular weight excluding hydrogens is 323 g/mol. The van der Waals surface area contributed by atoms with Gasteiger partial charge in [-0.25, -0.2) is 9.37 Å². The molecule has 1 amide bonds. The van der Waals surface area contributed by atoms with E-state index in [4.69, 9.17) is 0 Å². The van der Waals surface area contributed by atoms with Gasteiger partial charge >= 0.3 is 0 Å². The maximum Gasteiger partial charge on any atom is 0.226 e. The van der Waals surface area contributed by atoms with E-state index in [1.807, 2.05) is 29.3 Å². The number of aromatic nitrogens is 1. The lowest BCUT2D eigenvalue weighted by atomic mass is 9.98. The van der Waals surface area contributed by atoms with E-state index < -0.39 is 0 Å². The molecule has 1 fully saturated rings. The van der Waals surface area contributed by atoms with Crippen LogP contribution in [0.2, 0.25) is 0 Å². The summed E-state index contributed by atoms with van der Waals surface area (Å²) in [6.45, 7) is 1.63. The Balaban J connectivity index is 1.42. The number of piperidine rings is 1. The van der Waals surface area contributed by atoms with Gasteiger partial charge in [0, 0.05) is 25.0 Å². The highest BCUT2D eigenvalue weighted by Gasteiger charge is 2.23. The Bertz CT molecular complexity index is 655. The minimum Gasteiger partial charge on any atom is -0.342 e. The third-order valence-corrected chi connectivity index (χ3v) is 5.52. The second-order valence-corrected chi connectivity index (χ2v) is 7.15. The normalized spacial score (nSPS) is 15.5. The van der Waals surface area contributed by atoms with E-state index in [1.54, 1.807) is 23.9 Å². The Morgan fingerprint density at radius 2 is 1.92 bits per heavy atom. The number of carbonyl (C=O) groups excluding carboxylic acids is 1. The first-order valence-corrected chi connectivity index (χ1v) is 9.25. The van der Waals surface area contributed by atoms with Crippen molar-refractivity contribution >= 4 is 17.7 Å². The molecule has 24 heavy (non-hydrogen) atoms. The van der Waals surface area contributed by atoms with E-state index in [9.17, 15) is 9.18 Å². The first-order chi connectivity index (χ1) is 11.7. The van der Waals surface area contributed by atoms with Crippen LogP contribution in [0, 0.1) is 11.7 Å². The van der Waals surface area contributed by atoms with Crippen molar-refractivity contribution in [3.05, 3.63) is 60.0 Å². The topological polar surface area (TPSA) is 33.2 Å². The molecule has 3 nitrogen and oxygen atoms in total. The molecule has 0 unspecified atom stereocenters. The average Bonchev–Trinajstić information content (AvgIpc) is 2.63. The van der Waals surface area contributed by atoms with Crippen molar-refractivity contribution < 1.29 is 9.18 Å². The van der Waals surface area contributed by atoms with E-state index in [1.165, 1.54) is 12.1 Å². The van der Waals surface area contributed by atoms with Crippen LogP contribution in [0.5, 0.6) is 0 Å². The van der Waals surface area contributed by atoms with Crippen molar-refractivity contribution in [1.82, 2.24) is 9.88 Å². The third-order valence-electron chi connectivity index (χ3n) is 4.34. The molecule has 0 saturated carbocycles. The molecule has 1 aliphatic heterocycles. The van der Waals surface area contributed by atoms with Gasteiger partial charge < -0.3 is 4.90 Å².